The van der Waals surface area contributed by atoms with Gasteiger partial charge in [-0.25, -0.2) is 0 Å². The highest BCUT2D eigenvalue weighted by Crippen LogP contribution is 2.19. The summed E-state index contributed by atoms with van der Waals surface area (Å²) in [6.07, 6.45) is 4.14. The molecule has 11 heavy (non-hydrogen) atoms. The minimum Gasteiger partial charge on any atom is -0.495 e. The van der Waals surface area contributed by atoms with Gasteiger partial charge in [0.05, 0.1) is 13.3 Å². The van der Waals surface area contributed by atoms with Crippen molar-refractivity contribution >= 4 is 0 Å². The Balaban J connectivity index is 3.27. The summed E-state index contributed by atoms with van der Waals surface area (Å²) < 4.78 is 4.97. The number of ether oxygens (including phenoxy) is 1. The van der Waals surface area contributed by atoms with Gasteiger partial charge in [0.15, 0.2) is 0 Å². The van der Waals surface area contributed by atoms with Crippen LogP contribution in [0.5, 0.6) is 5.75 Å². The first-order chi connectivity index (χ1) is 5.29. The lowest BCUT2D eigenvalue weighted by Gasteiger charge is -2.03. The fraction of sp³-hybridized carbons (Fsp3) is 0.250. The van der Waals surface area contributed by atoms with E-state index in [4.69, 9.17) is 10.00 Å². The summed E-state index contributed by atoms with van der Waals surface area (Å²) in [5, 5.41) is 8.59. The molecule has 1 radical (unpaired) electrons. The molecule has 0 bridgehead atoms. The molecule has 0 fully saturated rings. The van der Waals surface area contributed by atoms with E-state index in [1.807, 2.05) is 6.07 Å². The number of pyridine rings is 1. The standard InChI is InChI=1S/C8H7N2O/c1-6-4-10-5-7(3-9)8(6)11-2/h5H,1-2H3. The summed E-state index contributed by atoms with van der Waals surface area (Å²) in [5.41, 5.74) is 1.20. The molecule has 0 saturated carbocycles. The summed E-state index contributed by atoms with van der Waals surface area (Å²) in [6, 6.07) is 1.98. The van der Waals surface area contributed by atoms with E-state index in [9.17, 15) is 0 Å². The van der Waals surface area contributed by atoms with Crippen LogP contribution in [0.2, 0.25) is 0 Å². The highest BCUT2D eigenvalue weighted by molar-refractivity contribution is 5.44. The molecule has 0 saturated heterocycles. The SMILES string of the molecule is COc1c(C)[c]ncc1C#N. The quantitative estimate of drug-likeness (QED) is 0.596. The lowest BCUT2D eigenvalue weighted by atomic mass is 10.2. The average molecular weight is 147 g/mol. The third-order valence-corrected chi connectivity index (χ3v) is 1.34. The molecule has 1 aromatic rings. The van der Waals surface area contributed by atoms with Crippen molar-refractivity contribution in [3.63, 3.8) is 0 Å². The zero-order chi connectivity index (χ0) is 8.27. The smallest absolute Gasteiger partial charge is 0.143 e. The van der Waals surface area contributed by atoms with Crippen molar-refractivity contribution in [1.82, 2.24) is 4.98 Å². The predicted octanol–water partition coefficient (Wildman–Crippen LogP) is 1.07. The zero-order valence-electron chi connectivity index (χ0n) is 6.38. The Labute approximate surface area is 65.3 Å². The van der Waals surface area contributed by atoms with E-state index in [0.717, 1.165) is 5.56 Å². The first-order valence-corrected chi connectivity index (χ1v) is 3.11. The van der Waals surface area contributed by atoms with E-state index >= 15 is 0 Å². The van der Waals surface area contributed by atoms with Gasteiger partial charge in [0, 0.05) is 11.8 Å². The second kappa shape index (κ2) is 3.02. The van der Waals surface area contributed by atoms with Crippen LogP contribution >= 0.6 is 0 Å². The van der Waals surface area contributed by atoms with Crippen LogP contribution < -0.4 is 4.74 Å². The fourth-order valence-corrected chi connectivity index (χ4v) is 0.848. The number of aromatic nitrogens is 1. The third kappa shape index (κ3) is 1.30. The molecule has 0 atom stereocenters. The van der Waals surface area contributed by atoms with Gasteiger partial charge < -0.3 is 4.74 Å². The highest BCUT2D eigenvalue weighted by Gasteiger charge is 2.04. The van der Waals surface area contributed by atoms with Gasteiger partial charge in [-0.05, 0) is 6.92 Å². The van der Waals surface area contributed by atoms with E-state index in [0.29, 0.717) is 11.3 Å². The number of hydrogen-bond donors (Lipinski definition) is 0. The van der Waals surface area contributed by atoms with E-state index in [2.05, 4.69) is 11.2 Å². The van der Waals surface area contributed by atoms with Crippen molar-refractivity contribution in [3.05, 3.63) is 23.5 Å². The summed E-state index contributed by atoms with van der Waals surface area (Å²) in [5.74, 6) is 0.558. The van der Waals surface area contributed by atoms with Crippen LogP contribution in [0.4, 0.5) is 0 Å². The van der Waals surface area contributed by atoms with Gasteiger partial charge in [0.1, 0.15) is 17.4 Å². The summed E-state index contributed by atoms with van der Waals surface area (Å²) in [7, 11) is 1.52. The molecule has 0 aliphatic heterocycles. The first-order valence-electron chi connectivity index (χ1n) is 3.11. The molecule has 0 unspecified atom stereocenters. The zero-order valence-corrected chi connectivity index (χ0v) is 6.38. The molecule has 3 heteroatoms. The fourth-order valence-electron chi connectivity index (χ4n) is 0.848. The van der Waals surface area contributed by atoms with Gasteiger partial charge >= 0.3 is 0 Å². The molecule has 1 heterocycles. The number of nitrogens with zero attached hydrogens (tertiary/aromatic N) is 2. The van der Waals surface area contributed by atoms with E-state index in [1.165, 1.54) is 13.3 Å². The highest BCUT2D eigenvalue weighted by atomic mass is 16.5. The molecule has 55 valence electrons. The second-order valence-corrected chi connectivity index (χ2v) is 2.05. The van der Waals surface area contributed by atoms with Crippen LogP contribution in [-0.4, -0.2) is 12.1 Å². The Hall–Kier alpha value is -1.56. The number of hydrogen-bond acceptors (Lipinski definition) is 3. The Morgan fingerprint density at radius 1 is 1.73 bits per heavy atom. The molecule has 1 aromatic heterocycles. The van der Waals surface area contributed by atoms with Crippen LogP contribution in [0.1, 0.15) is 11.1 Å². The van der Waals surface area contributed by atoms with Crippen LogP contribution in [0.25, 0.3) is 0 Å². The molecule has 0 aliphatic carbocycles. The molecular formula is C8H7N2O. The molecule has 0 N–H and O–H groups in total. The number of aryl methyl sites for hydroxylation is 1. The van der Waals surface area contributed by atoms with Crippen LogP contribution in [0.3, 0.4) is 0 Å². The van der Waals surface area contributed by atoms with Gasteiger partial charge in [0.25, 0.3) is 0 Å². The van der Waals surface area contributed by atoms with Crippen molar-refractivity contribution in [3.8, 4) is 11.8 Å². The monoisotopic (exact) mass is 147 g/mol. The maximum atomic E-state index is 8.59. The Morgan fingerprint density at radius 3 is 2.91 bits per heavy atom. The topological polar surface area (TPSA) is 45.9 Å². The number of methoxy groups -OCH3 is 1. The number of nitriles is 1. The normalized spacial score (nSPS) is 8.82. The third-order valence-electron chi connectivity index (χ3n) is 1.34. The molecule has 0 aromatic carbocycles. The van der Waals surface area contributed by atoms with Gasteiger partial charge in [-0.3, -0.25) is 4.98 Å². The molecule has 1 rings (SSSR count). The van der Waals surface area contributed by atoms with Crippen molar-refractivity contribution in [2.24, 2.45) is 0 Å². The van der Waals surface area contributed by atoms with Crippen LogP contribution in [0.15, 0.2) is 6.20 Å². The minimum absolute atomic E-state index is 0.448. The van der Waals surface area contributed by atoms with E-state index < -0.39 is 0 Å². The van der Waals surface area contributed by atoms with E-state index in [-0.39, 0.29) is 0 Å². The van der Waals surface area contributed by atoms with Gasteiger partial charge in [-0.1, -0.05) is 0 Å². The minimum atomic E-state index is 0.448. The summed E-state index contributed by atoms with van der Waals surface area (Å²) in [4.78, 5) is 3.74. The molecular weight excluding hydrogens is 140 g/mol. The van der Waals surface area contributed by atoms with Gasteiger partial charge in [-0.15, -0.1) is 0 Å². The summed E-state index contributed by atoms with van der Waals surface area (Å²) in [6.45, 7) is 1.80. The predicted molar refractivity (Wildman–Crippen MR) is 39.1 cm³/mol. The maximum absolute atomic E-state index is 8.59. The summed E-state index contributed by atoms with van der Waals surface area (Å²) >= 11 is 0. The Bertz CT molecular complexity index is 301. The van der Waals surface area contributed by atoms with Crippen LogP contribution in [-0.2, 0) is 0 Å². The molecule has 0 amide bonds. The van der Waals surface area contributed by atoms with Gasteiger partial charge in [-0.2, -0.15) is 5.26 Å². The molecule has 0 spiro atoms. The largest absolute Gasteiger partial charge is 0.495 e. The maximum Gasteiger partial charge on any atom is 0.143 e. The van der Waals surface area contributed by atoms with Gasteiger partial charge in [0.2, 0.25) is 0 Å². The van der Waals surface area contributed by atoms with E-state index in [1.54, 1.807) is 6.92 Å². The number of rotatable bonds is 1. The lowest BCUT2D eigenvalue weighted by molar-refractivity contribution is 0.409. The van der Waals surface area contributed by atoms with Crippen molar-refractivity contribution in [2.75, 3.05) is 7.11 Å². The Kier molecular flexibility index (Phi) is 2.07. The second-order valence-electron chi connectivity index (χ2n) is 2.05. The first kappa shape index (κ1) is 7.55. The van der Waals surface area contributed by atoms with Crippen molar-refractivity contribution in [2.45, 2.75) is 6.92 Å². The molecule has 3 nitrogen and oxygen atoms in total. The van der Waals surface area contributed by atoms with Crippen LogP contribution in [0, 0.1) is 24.5 Å². The Morgan fingerprint density at radius 2 is 2.45 bits per heavy atom. The molecule has 0 aliphatic rings. The lowest BCUT2D eigenvalue weighted by Crippen LogP contribution is -1.92. The van der Waals surface area contributed by atoms with Crippen molar-refractivity contribution in [1.29, 1.82) is 5.26 Å². The van der Waals surface area contributed by atoms with Crippen molar-refractivity contribution < 1.29 is 4.74 Å². The average Bonchev–Trinajstić information content (AvgIpc) is 2.04.